The minimum atomic E-state index is 0. The van der Waals surface area contributed by atoms with Crippen LogP contribution < -0.4 is 0 Å². The number of benzene rings is 4. The summed E-state index contributed by atoms with van der Waals surface area (Å²) in [5, 5.41) is 0. The molecule has 0 atom stereocenters. The van der Waals surface area contributed by atoms with E-state index in [1.54, 1.807) is 0 Å². The van der Waals surface area contributed by atoms with Gasteiger partial charge < -0.3 is 0 Å². The van der Waals surface area contributed by atoms with E-state index >= 15 is 0 Å². The van der Waals surface area contributed by atoms with E-state index < -0.39 is 0 Å². The predicted octanol–water partition coefficient (Wildman–Crippen LogP) is 7.52. The van der Waals surface area contributed by atoms with E-state index in [0.29, 0.717) is 0 Å². The first kappa shape index (κ1) is 28.1. The Morgan fingerprint density at radius 1 is 0.276 bits per heavy atom. The minimum Gasteiger partial charge on any atom is -0.143 e. The molecule has 0 saturated heterocycles. The van der Waals surface area contributed by atoms with Crippen LogP contribution in [0.3, 0.4) is 0 Å². The Bertz CT molecular complexity index is 693. The molecule has 0 amide bonds. The van der Waals surface area contributed by atoms with Crippen LogP contribution in [0, 0.1) is 0 Å². The van der Waals surface area contributed by atoms with Crippen molar-refractivity contribution >= 4 is 74.4 Å². The van der Waals surface area contributed by atoms with Crippen LogP contribution in [0.1, 0.15) is 0 Å². The normalized spacial score (nSPS) is 8.41. The second-order valence-electron chi connectivity index (χ2n) is 5.34. The summed E-state index contributed by atoms with van der Waals surface area (Å²) in [4.78, 5) is 4.06. The van der Waals surface area contributed by atoms with Gasteiger partial charge in [0.1, 0.15) is 0 Å². The third-order valence-electron chi connectivity index (χ3n) is 3.02. The minimum absolute atomic E-state index is 0. The van der Waals surface area contributed by atoms with E-state index in [1.165, 1.54) is 0 Å². The Hall–Kier alpha value is -0.921. The summed E-state index contributed by atoms with van der Waals surface area (Å²) in [7, 11) is 0. The van der Waals surface area contributed by atoms with Gasteiger partial charge in [-0.3, -0.25) is 0 Å². The van der Waals surface area contributed by atoms with Crippen molar-refractivity contribution < 1.29 is 0 Å². The van der Waals surface area contributed by atoms with Crippen LogP contribution in [0.2, 0.25) is 0 Å². The SMILES string of the molecule is Sc1ccccc1.Sc1ccccc1.Sc1ccccc1.Sc1ccccc1.[Sn]. The van der Waals surface area contributed by atoms with Crippen molar-refractivity contribution in [2.75, 3.05) is 0 Å². The van der Waals surface area contributed by atoms with Gasteiger partial charge in [-0.25, -0.2) is 0 Å². The molecule has 148 valence electrons. The van der Waals surface area contributed by atoms with Gasteiger partial charge in [-0.1, -0.05) is 72.8 Å². The van der Waals surface area contributed by atoms with Crippen molar-refractivity contribution in [1.82, 2.24) is 0 Å². The first-order valence-electron chi connectivity index (χ1n) is 8.54. The molecule has 0 bridgehead atoms. The molecule has 0 heterocycles. The Kier molecular flexibility index (Phi) is 18.5. The van der Waals surface area contributed by atoms with Gasteiger partial charge >= 0.3 is 0 Å². The molecule has 4 aromatic carbocycles. The average molecular weight is 559 g/mol. The summed E-state index contributed by atoms with van der Waals surface area (Å²) in [6.45, 7) is 0. The molecule has 0 fully saturated rings. The standard InChI is InChI=1S/4C6H6S.Sn/c4*7-6-4-2-1-3-5-6;/h4*1-5,7H;. The number of hydrogen-bond donors (Lipinski definition) is 4. The molecule has 4 aromatic rings. The summed E-state index contributed by atoms with van der Waals surface area (Å²) in [6.07, 6.45) is 0. The topological polar surface area (TPSA) is 0 Å². The van der Waals surface area contributed by atoms with E-state index in [2.05, 4.69) is 50.5 Å². The Morgan fingerprint density at radius 2 is 0.414 bits per heavy atom. The van der Waals surface area contributed by atoms with Crippen LogP contribution in [0.4, 0.5) is 0 Å². The number of hydrogen-bond acceptors (Lipinski definition) is 4. The largest absolute Gasteiger partial charge is 0.143 e. The second kappa shape index (κ2) is 19.1. The zero-order chi connectivity index (χ0) is 20.5. The molecule has 0 aliphatic rings. The Labute approximate surface area is 213 Å². The zero-order valence-corrected chi connectivity index (χ0v) is 22.3. The van der Waals surface area contributed by atoms with Crippen LogP contribution in [-0.2, 0) is 0 Å². The van der Waals surface area contributed by atoms with E-state index in [0.717, 1.165) is 19.6 Å². The summed E-state index contributed by atoms with van der Waals surface area (Å²) >= 11 is 16.3. The molecule has 0 nitrogen and oxygen atoms in total. The van der Waals surface area contributed by atoms with E-state index in [4.69, 9.17) is 0 Å². The molecular formula is C24H24S4Sn. The van der Waals surface area contributed by atoms with Crippen LogP contribution in [0.25, 0.3) is 0 Å². The molecule has 0 unspecified atom stereocenters. The van der Waals surface area contributed by atoms with Gasteiger partial charge in [0.25, 0.3) is 0 Å². The molecule has 0 aliphatic heterocycles. The molecule has 29 heavy (non-hydrogen) atoms. The van der Waals surface area contributed by atoms with Crippen molar-refractivity contribution in [3.05, 3.63) is 121 Å². The van der Waals surface area contributed by atoms with Crippen molar-refractivity contribution in [3.8, 4) is 0 Å². The van der Waals surface area contributed by atoms with E-state index in [-0.39, 0.29) is 23.9 Å². The molecule has 0 N–H and O–H groups in total. The smallest absolute Gasteiger partial charge is 0.00399 e. The van der Waals surface area contributed by atoms with Gasteiger partial charge in [-0.15, -0.1) is 50.5 Å². The summed E-state index contributed by atoms with van der Waals surface area (Å²) in [6, 6.07) is 39.2. The Morgan fingerprint density at radius 3 is 0.483 bits per heavy atom. The van der Waals surface area contributed by atoms with Gasteiger partial charge in [0, 0.05) is 43.5 Å². The maximum Gasteiger partial charge on any atom is 0.00399 e. The van der Waals surface area contributed by atoms with Crippen LogP contribution >= 0.6 is 50.5 Å². The summed E-state index contributed by atoms with van der Waals surface area (Å²) < 4.78 is 0. The first-order chi connectivity index (χ1) is 13.6. The molecule has 0 aromatic heterocycles. The van der Waals surface area contributed by atoms with Crippen molar-refractivity contribution in [1.29, 1.82) is 0 Å². The fourth-order valence-corrected chi connectivity index (χ4v) is 2.40. The van der Waals surface area contributed by atoms with Gasteiger partial charge in [-0.2, -0.15) is 0 Å². The van der Waals surface area contributed by atoms with Crippen molar-refractivity contribution in [2.24, 2.45) is 0 Å². The third-order valence-corrected chi connectivity index (χ3v) is 4.22. The second-order valence-corrected chi connectivity index (χ2v) is 7.41. The van der Waals surface area contributed by atoms with Crippen molar-refractivity contribution in [2.45, 2.75) is 19.6 Å². The van der Waals surface area contributed by atoms with Crippen molar-refractivity contribution in [3.63, 3.8) is 0 Å². The number of rotatable bonds is 0. The van der Waals surface area contributed by atoms with E-state index in [1.807, 2.05) is 121 Å². The fraction of sp³-hybridized carbons (Fsp3) is 0. The molecule has 0 saturated carbocycles. The quantitative estimate of drug-likeness (QED) is 0.124. The molecule has 4 radical (unpaired) electrons. The maximum absolute atomic E-state index is 4.08. The van der Waals surface area contributed by atoms with Crippen LogP contribution in [-0.4, -0.2) is 23.9 Å². The molecule has 5 heteroatoms. The third kappa shape index (κ3) is 17.6. The van der Waals surface area contributed by atoms with Crippen LogP contribution in [0.5, 0.6) is 0 Å². The number of thiol groups is 4. The molecule has 0 spiro atoms. The average Bonchev–Trinajstić information content (AvgIpc) is 2.72. The van der Waals surface area contributed by atoms with Gasteiger partial charge in [0.15, 0.2) is 0 Å². The molecular weight excluding hydrogens is 535 g/mol. The molecule has 4 rings (SSSR count). The Balaban J connectivity index is 0.000000356. The van der Waals surface area contributed by atoms with Gasteiger partial charge in [0.05, 0.1) is 0 Å². The monoisotopic (exact) mass is 560 g/mol. The zero-order valence-electron chi connectivity index (χ0n) is 15.8. The molecule has 0 aliphatic carbocycles. The fourth-order valence-electron chi connectivity index (χ4n) is 1.71. The summed E-state index contributed by atoms with van der Waals surface area (Å²) in [5.74, 6) is 0. The first-order valence-corrected chi connectivity index (χ1v) is 10.3. The summed E-state index contributed by atoms with van der Waals surface area (Å²) in [5.41, 5.74) is 0. The van der Waals surface area contributed by atoms with Gasteiger partial charge in [0.2, 0.25) is 0 Å². The van der Waals surface area contributed by atoms with Gasteiger partial charge in [-0.05, 0) is 48.5 Å². The maximum atomic E-state index is 4.08. The predicted molar refractivity (Wildman–Crippen MR) is 141 cm³/mol. The van der Waals surface area contributed by atoms with E-state index in [9.17, 15) is 0 Å². The van der Waals surface area contributed by atoms with Crippen LogP contribution in [0.15, 0.2) is 141 Å².